The highest BCUT2D eigenvalue weighted by atomic mass is 16.5. The zero-order valence-corrected chi connectivity index (χ0v) is 9.91. The van der Waals surface area contributed by atoms with E-state index in [1.165, 1.54) is 25.9 Å². The van der Waals surface area contributed by atoms with Gasteiger partial charge in [0.1, 0.15) is 0 Å². The lowest BCUT2D eigenvalue weighted by Crippen LogP contribution is -2.48. The molecule has 0 aromatic rings. The fourth-order valence-electron chi connectivity index (χ4n) is 2.10. The normalized spacial score (nSPS) is 21.8. The Morgan fingerprint density at radius 3 is 2.60 bits per heavy atom. The zero-order chi connectivity index (χ0) is 11.1. The van der Waals surface area contributed by atoms with Crippen molar-refractivity contribution >= 4 is 0 Å². The fourth-order valence-corrected chi connectivity index (χ4v) is 2.10. The molecule has 1 rings (SSSR count). The first kappa shape index (κ1) is 12.9. The Labute approximate surface area is 92.6 Å². The third kappa shape index (κ3) is 4.47. The average Bonchev–Trinajstić information content (AvgIpc) is 2.29. The molecule has 0 spiro atoms. The van der Waals surface area contributed by atoms with Crippen molar-refractivity contribution in [2.45, 2.75) is 31.8 Å². The zero-order valence-electron chi connectivity index (χ0n) is 9.91. The van der Waals surface area contributed by atoms with Crippen LogP contribution in [0.15, 0.2) is 0 Å². The van der Waals surface area contributed by atoms with Gasteiger partial charge in [0.15, 0.2) is 0 Å². The van der Waals surface area contributed by atoms with Gasteiger partial charge in [0.25, 0.3) is 0 Å². The Morgan fingerprint density at radius 1 is 1.47 bits per heavy atom. The van der Waals surface area contributed by atoms with Gasteiger partial charge in [-0.1, -0.05) is 6.92 Å². The summed E-state index contributed by atoms with van der Waals surface area (Å²) in [5.74, 6) is 0. The molecule has 2 N–H and O–H groups in total. The highest BCUT2D eigenvalue weighted by Crippen LogP contribution is 2.10. The minimum atomic E-state index is 0.0909. The molecule has 0 saturated carbocycles. The van der Waals surface area contributed by atoms with Crippen molar-refractivity contribution in [1.82, 2.24) is 10.2 Å². The van der Waals surface area contributed by atoms with Crippen molar-refractivity contribution in [1.29, 1.82) is 0 Å². The minimum Gasteiger partial charge on any atom is -0.395 e. The maximum atomic E-state index is 9.13. The molecule has 4 nitrogen and oxygen atoms in total. The van der Waals surface area contributed by atoms with Crippen molar-refractivity contribution in [2.24, 2.45) is 0 Å². The van der Waals surface area contributed by atoms with E-state index in [1.807, 2.05) is 0 Å². The quantitative estimate of drug-likeness (QED) is 0.659. The lowest BCUT2D eigenvalue weighted by atomic mass is 10.0. The van der Waals surface area contributed by atoms with Gasteiger partial charge < -0.3 is 20.1 Å². The highest BCUT2D eigenvalue weighted by Gasteiger charge is 2.20. The first-order chi connectivity index (χ1) is 7.30. The number of methoxy groups -OCH3 is 1. The summed E-state index contributed by atoms with van der Waals surface area (Å²) in [6.45, 7) is 6.42. The van der Waals surface area contributed by atoms with Gasteiger partial charge in [-0.05, 0) is 32.5 Å². The molecule has 1 saturated heterocycles. The summed E-state index contributed by atoms with van der Waals surface area (Å²) in [6, 6.07) is 0.633. The molecule has 1 aliphatic heterocycles. The SMILES string of the molecule is CCN1CCC(NC(CO)COC)CC1. The number of likely N-dealkylation sites (tertiary alicyclic amines) is 1. The number of rotatable bonds is 6. The average molecular weight is 216 g/mol. The summed E-state index contributed by atoms with van der Waals surface area (Å²) in [4.78, 5) is 2.46. The molecule has 1 atom stereocenters. The standard InChI is InChI=1S/C11H24N2O2/c1-3-13-6-4-10(5-7-13)12-11(8-14)9-15-2/h10-12,14H,3-9H2,1-2H3. The molecule has 1 aliphatic rings. The van der Waals surface area contributed by atoms with Crippen LogP contribution in [0.2, 0.25) is 0 Å². The molecule has 0 aromatic carbocycles. The largest absolute Gasteiger partial charge is 0.395 e. The molecule has 0 aliphatic carbocycles. The van der Waals surface area contributed by atoms with Crippen LogP contribution in [0.3, 0.4) is 0 Å². The van der Waals surface area contributed by atoms with Gasteiger partial charge >= 0.3 is 0 Å². The Morgan fingerprint density at radius 2 is 2.13 bits per heavy atom. The van der Waals surface area contributed by atoms with Crippen LogP contribution in [0.5, 0.6) is 0 Å². The molecule has 0 aromatic heterocycles. The Bertz CT molecular complexity index is 159. The summed E-state index contributed by atoms with van der Waals surface area (Å²) >= 11 is 0. The molecule has 1 unspecified atom stereocenters. The number of nitrogens with zero attached hydrogens (tertiary/aromatic N) is 1. The third-order valence-electron chi connectivity index (χ3n) is 3.09. The van der Waals surface area contributed by atoms with Crippen LogP contribution in [0, 0.1) is 0 Å². The van der Waals surface area contributed by atoms with Crippen LogP contribution in [0.4, 0.5) is 0 Å². The summed E-state index contributed by atoms with van der Waals surface area (Å²) in [6.07, 6.45) is 2.35. The van der Waals surface area contributed by atoms with E-state index in [4.69, 9.17) is 9.84 Å². The monoisotopic (exact) mass is 216 g/mol. The van der Waals surface area contributed by atoms with Crippen LogP contribution in [-0.2, 0) is 4.74 Å². The van der Waals surface area contributed by atoms with Crippen LogP contribution in [0.1, 0.15) is 19.8 Å². The molecule has 1 heterocycles. The van der Waals surface area contributed by atoms with Crippen molar-refractivity contribution in [3.05, 3.63) is 0 Å². The first-order valence-corrected chi connectivity index (χ1v) is 5.88. The van der Waals surface area contributed by atoms with E-state index < -0.39 is 0 Å². The van der Waals surface area contributed by atoms with E-state index in [1.54, 1.807) is 7.11 Å². The second-order valence-corrected chi connectivity index (χ2v) is 4.21. The lowest BCUT2D eigenvalue weighted by molar-refractivity contribution is 0.110. The fraction of sp³-hybridized carbons (Fsp3) is 1.00. The Balaban J connectivity index is 2.21. The van der Waals surface area contributed by atoms with Crippen molar-refractivity contribution in [2.75, 3.05) is 40.0 Å². The highest BCUT2D eigenvalue weighted by molar-refractivity contribution is 4.80. The summed E-state index contributed by atoms with van der Waals surface area (Å²) in [7, 11) is 1.67. The van der Waals surface area contributed by atoms with Gasteiger partial charge in [-0.25, -0.2) is 0 Å². The topological polar surface area (TPSA) is 44.7 Å². The Kier molecular flexibility index (Phi) is 6.17. The van der Waals surface area contributed by atoms with Gasteiger partial charge in [0.2, 0.25) is 0 Å². The minimum absolute atomic E-state index is 0.0909. The van der Waals surface area contributed by atoms with Crippen molar-refractivity contribution < 1.29 is 9.84 Å². The van der Waals surface area contributed by atoms with Gasteiger partial charge in [0, 0.05) is 13.2 Å². The summed E-state index contributed by atoms with van der Waals surface area (Å²) in [5.41, 5.74) is 0. The van der Waals surface area contributed by atoms with E-state index >= 15 is 0 Å². The van der Waals surface area contributed by atoms with Crippen LogP contribution >= 0.6 is 0 Å². The molecule has 1 fully saturated rings. The molecule has 90 valence electrons. The second-order valence-electron chi connectivity index (χ2n) is 4.21. The van der Waals surface area contributed by atoms with Crippen LogP contribution in [0.25, 0.3) is 0 Å². The molecule has 15 heavy (non-hydrogen) atoms. The van der Waals surface area contributed by atoms with Gasteiger partial charge in [-0.2, -0.15) is 0 Å². The molecule has 0 bridgehead atoms. The molecular formula is C11H24N2O2. The number of piperidine rings is 1. The number of hydrogen-bond donors (Lipinski definition) is 2. The van der Waals surface area contributed by atoms with Gasteiger partial charge in [-0.15, -0.1) is 0 Å². The van der Waals surface area contributed by atoms with E-state index in [-0.39, 0.29) is 12.6 Å². The molecule has 0 amide bonds. The molecular weight excluding hydrogens is 192 g/mol. The van der Waals surface area contributed by atoms with E-state index in [0.717, 1.165) is 6.54 Å². The number of nitrogens with one attached hydrogen (secondary N) is 1. The van der Waals surface area contributed by atoms with Crippen LogP contribution < -0.4 is 5.32 Å². The number of ether oxygens (including phenoxy) is 1. The number of aliphatic hydroxyl groups excluding tert-OH is 1. The van der Waals surface area contributed by atoms with Crippen molar-refractivity contribution in [3.63, 3.8) is 0 Å². The van der Waals surface area contributed by atoms with E-state index in [9.17, 15) is 0 Å². The smallest absolute Gasteiger partial charge is 0.0638 e. The number of aliphatic hydroxyl groups is 1. The van der Waals surface area contributed by atoms with Gasteiger partial charge in [0.05, 0.1) is 19.3 Å². The van der Waals surface area contributed by atoms with Crippen LogP contribution in [-0.4, -0.2) is 62.0 Å². The maximum Gasteiger partial charge on any atom is 0.0638 e. The predicted octanol–water partition coefficient (Wildman–Crippen LogP) is 0.0676. The maximum absolute atomic E-state index is 9.13. The second kappa shape index (κ2) is 7.17. The molecule has 4 heteroatoms. The molecule has 0 radical (unpaired) electrons. The van der Waals surface area contributed by atoms with E-state index in [2.05, 4.69) is 17.1 Å². The van der Waals surface area contributed by atoms with E-state index in [0.29, 0.717) is 12.6 Å². The predicted molar refractivity (Wildman–Crippen MR) is 61.0 cm³/mol. The summed E-state index contributed by atoms with van der Waals surface area (Å²) in [5, 5.41) is 12.6. The van der Waals surface area contributed by atoms with Gasteiger partial charge in [-0.3, -0.25) is 0 Å². The van der Waals surface area contributed by atoms with Crippen molar-refractivity contribution in [3.8, 4) is 0 Å². The third-order valence-corrected chi connectivity index (χ3v) is 3.09. The Hall–Kier alpha value is -0.160. The first-order valence-electron chi connectivity index (χ1n) is 5.88. The lowest BCUT2D eigenvalue weighted by Gasteiger charge is -2.33. The summed E-state index contributed by atoms with van der Waals surface area (Å²) < 4.78 is 5.05. The number of hydrogen-bond acceptors (Lipinski definition) is 4.